The van der Waals surface area contributed by atoms with Crippen molar-refractivity contribution in [2.75, 3.05) is 42.6 Å². The van der Waals surface area contributed by atoms with E-state index in [4.69, 9.17) is 4.74 Å². The van der Waals surface area contributed by atoms with Crippen LogP contribution in [0, 0.1) is 0 Å². The normalized spacial score (nSPS) is 19.4. The van der Waals surface area contributed by atoms with E-state index >= 15 is 0 Å². The summed E-state index contributed by atoms with van der Waals surface area (Å²) in [6, 6.07) is 7.89. The molecule has 4 amide bonds. The first-order valence-electron chi connectivity index (χ1n) is 11.7. The van der Waals surface area contributed by atoms with Gasteiger partial charge in [-0.1, -0.05) is 0 Å². The van der Waals surface area contributed by atoms with Gasteiger partial charge in [0.2, 0.25) is 5.91 Å². The third kappa shape index (κ3) is 4.23. The van der Waals surface area contributed by atoms with Crippen LogP contribution in [0.2, 0.25) is 0 Å². The lowest BCUT2D eigenvalue weighted by Gasteiger charge is -2.31. The highest BCUT2D eigenvalue weighted by Crippen LogP contribution is 2.33. The number of benzene rings is 2. The van der Waals surface area contributed by atoms with Crippen LogP contribution in [0.4, 0.5) is 11.4 Å². The summed E-state index contributed by atoms with van der Waals surface area (Å²) in [6.07, 6.45) is 1.47. The lowest BCUT2D eigenvalue weighted by Crippen LogP contribution is -2.44. The number of ether oxygens (including phenoxy) is 1. The van der Waals surface area contributed by atoms with Gasteiger partial charge in [0.05, 0.1) is 47.2 Å². The molecular weight excluding hydrogens is 468 g/mol. The van der Waals surface area contributed by atoms with E-state index in [2.05, 4.69) is 10.6 Å². The predicted octanol–water partition coefficient (Wildman–Crippen LogP) is 1.03. The Bertz CT molecular complexity index is 1280. The van der Waals surface area contributed by atoms with Crippen LogP contribution in [0.1, 0.15) is 54.3 Å². The van der Waals surface area contributed by atoms with Gasteiger partial charge in [-0.15, -0.1) is 0 Å². The maximum Gasteiger partial charge on any atom is 0.335 e. The Kier molecular flexibility index (Phi) is 6.25. The van der Waals surface area contributed by atoms with Crippen LogP contribution >= 0.6 is 0 Å². The maximum absolute atomic E-state index is 13.3. The molecule has 3 N–H and O–H groups in total. The number of carbonyl (C=O) groups excluding carboxylic acids is 4. The minimum atomic E-state index is -1.22. The van der Waals surface area contributed by atoms with Gasteiger partial charge in [-0.3, -0.25) is 24.5 Å². The van der Waals surface area contributed by atoms with E-state index in [1.54, 1.807) is 12.1 Å². The molecule has 3 heterocycles. The van der Waals surface area contributed by atoms with E-state index < -0.39 is 35.6 Å². The van der Waals surface area contributed by atoms with Crippen molar-refractivity contribution in [3.63, 3.8) is 0 Å². The topological polar surface area (TPSA) is 145 Å². The van der Waals surface area contributed by atoms with Gasteiger partial charge < -0.3 is 20.1 Å². The number of carbonyl (C=O) groups is 5. The van der Waals surface area contributed by atoms with Crippen molar-refractivity contribution in [1.29, 1.82) is 0 Å². The summed E-state index contributed by atoms with van der Waals surface area (Å²) in [7, 11) is 0. The van der Waals surface area contributed by atoms with Crippen LogP contribution in [-0.2, 0) is 9.53 Å². The first-order chi connectivity index (χ1) is 17.3. The molecule has 0 saturated carbocycles. The number of aromatic carboxylic acids is 1. The van der Waals surface area contributed by atoms with Gasteiger partial charge in [0.25, 0.3) is 17.7 Å². The Morgan fingerprint density at radius 1 is 1.00 bits per heavy atom. The summed E-state index contributed by atoms with van der Waals surface area (Å²) in [4.78, 5) is 66.3. The lowest BCUT2D eigenvalue weighted by atomic mass is 10.1. The molecule has 0 bridgehead atoms. The van der Waals surface area contributed by atoms with Crippen LogP contribution in [-0.4, -0.2) is 73.6 Å². The standard InChI is InChI=1S/C25H24N4O7/c30-21(27-22(31)19-2-1-7-26-19)18-13-15(4-6-20(18)28-8-10-36-11-9-28)29-23(32)16-5-3-14(25(34)35)12-17(16)24(29)33/h3-6,12-13,19,26H,1-2,7-11H2,(H,34,35)(H,27,30,31). The molecule has 186 valence electrons. The minimum Gasteiger partial charge on any atom is -0.478 e. The number of imide groups is 2. The quantitative estimate of drug-likeness (QED) is 0.521. The summed E-state index contributed by atoms with van der Waals surface area (Å²) >= 11 is 0. The van der Waals surface area contributed by atoms with E-state index in [1.165, 1.54) is 24.3 Å². The zero-order valence-electron chi connectivity index (χ0n) is 19.3. The zero-order valence-corrected chi connectivity index (χ0v) is 19.3. The Hall–Kier alpha value is -4.09. The lowest BCUT2D eigenvalue weighted by molar-refractivity contribution is -0.121. The average Bonchev–Trinajstić information content (AvgIpc) is 3.51. The smallest absolute Gasteiger partial charge is 0.335 e. The van der Waals surface area contributed by atoms with Crippen molar-refractivity contribution in [3.8, 4) is 0 Å². The van der Waals surface area contributed by atoms with E-state index in [-0.39, 0.29) is 27.9 Å². The molecule has 2 fully saturated rings. The molecule has 1 unspecified atom stereocenters. The predicted molar refractivity (Wildman–Crippen MR) is 128 cm³/mol. The molecule has 2 saturated heterocycles. The van der Waals surface area contributed by atoms with Crippen molar-refractivity contribution in [2.24, 2.45) is 0 Å². The molecule has 1 atom stereocenters. The molecule has 0 radical (unpaired) electrons. The van der Waals surface area contributed by atoms with E-state index in [0.29, 0.717) is 45.0 Å². The molecule has 5 rings (SSSR count). The molecule has 0 spiro atoms. The fourth-order valence-corrected chi connectivity index (χ4v) is 4.71. The number of fused-ring (bicyclic) bond motifs is 1. The number of hydrogen-bond donors (Lipinski definition) is 3. The number of hydrogen-bond acceptors (Lipinski definition) is 8. The second kappa shape index (κ2) is 9.51. The number of morpholine rings is 1. The third-order valence-corrected chi connectivity index (χ3v) is 6.58. The minimum absolute atomic E-state index is 0.0226. The zero-order chi connectivity index (χ0) is 25.4. The number of nitrogens with one attached hydrogen (secondary N) is 2. The number of amides is 4. The largest absolute Gasteiger partial charge is 0.478 e. The SMILES string of the molecule is O=C(O)c1ccc2c(c1)C(=O)N(c1ccc(N3CCOCC3)c(C(=O)NC(=O)C3CCCN3)c1)C2=O. The van der Waals surface area contributed by atoms with Crippen molar-refractivity contribution in [3.05, 3.63) is 58.7 Å². The molecule has 11 heteroatoms. The van der Waals surface area contributed by atoms with Crippen LogP contribution in [0.5, 0.6) is 0 Å². The van der Waals surface area contributed by atoms with Crippen molar-refractivity contribution >= 4 is 41.0 Å². The Morgan fingerprint density at radius 2 is 1.75 bits per heavy atom. The van der Waals surface area contributed by atoms with Crippen LogP contribution in [0.15, 0.2) is 36.4 Å². The molecule has 2 aromatic rings. The monoisotopic (exact) mass is 492 g/mol. The average molecular weight is 492 g/mol. The summed E-state index contributed by atoms with van der Waals surface area (Å²) in [5.41, 5.74) is 0.784. The fraction of sp³-hybridized carbons (Fsp3) is 0.320. The van der Waals surface area contributed by atoms with Crippen LogP contribution in [0.25, 0.3) is 0 Å². The van der Waals surface area contributed by atoms with E-state index in [1.807, 2.05) is 4.90 Å². The molecular formula is C25H24N4O7. The summed E-state index contributed by atoms with van der Waals surface area (Å²) < 4.78 is 5.41. The molecule has 11 nitrogen and oxygen atoms in total. The highest BCUT2D eigenvalue weighted by atomic mass is 16.5. The van der Waals surface area contributed by atoms with Crippen molar-refractivity contribution < 1.29 is 33.8 Å². The fourth-order valence-electron chi connectivity index (χ4n) is 4.71. The van der Waals surface area contributed by atoms with E-state index in [9.17, 15) is 29.1 Å². The molecule has 36 heavy (non-hydrogen) atoms. The first-order valence-corrected chi connectivity index (χ1v) is 11.7. The number of rotatable bonds is 5. The molecule has 0 aliphatic carbocycles. The first kappa shape index (κ1) is 23.6. The molecule has 0 aromatic heterocycles. The van der Waals surface area contributed by atoms with Gasteiger partial charge in [-0.2, -0.15) is 0 Å². The van der Waals surface area contributed by atoms with Gasteiger partial charge in [0.1, 0.15) is 0 Å². The number of nitrogens with zero attached hydrogens (tertiary/aromatic N) is 2. The Labute approximate surface area is 206 Å². The third-order valence-electron chi connectivity index (χ3n) is 6.58. The van der Waals surface area contributed by atoms with Crippen LogP contribution in [0.3, 0.4) is 0 Å². The van der Waals surface area contributed by atoms with Gasteiger partial charge >= 0.3 is 5.97 Å². The van der Waals surface area contributed by atoms with Crippen LogP contribution < -0.4 is 20.4 Å². The number of carboxylic acid groups (broad SMARTS) is 1. The summed E-state index contributed by atoms with van der Waals surface area (Å²) in [5, 5.41) is 14.7. The van der Waals surface area contributed by atoms with Gasteiger partial charge in [-0.25, -0.2) is 9.69 Å². The van der Waals surface area contributed by atoms with Gasteiger partial charge in [-0.05, 0) is 55.8 Å². The second-order valence-electron chi connectivity index (χ2n) is 8.78. The maximum atomic E-state index is 13.3. The summed E-state index contributed by atoms with van der Waals surface area (Å²) in [6.45, 7) is 2.70. The van der Waals surface area contributed by atoms with Crippen molar-refractivity contribution in [1.82, 2.24) is 10.6 Å². The molecule has 2 aromatic carbocycles. The van der Waals surface area contributed by atoms with Gasteiger partial charge in [0, 0.05) is 18.8 Å². The van der Waals surface area contributed by atoms with Gasteiger partial charge in [0.15, 0.2) is 0 Å². The number of carboxylic acids is 1. The Morgan fingerprint density at radius 3 is 2.44 bits per heavy atom. The van der Waals surface area contributed by atoms with E-state index in [0.717, 1.165) is 11.3 Å². The Balaban J connectivity index is 1.50. The highest BCUT2D eigenvalue weighted by Gasteiger charge is 2.38. The number of anilines is 2. The molecule has 3 aliphatic rings. The summed E-state index contributed by atoms with van der Waals surface area (Å²) in [5.74, 6) is -3.59. The van der Waals surface area contributed by atoms with Crippen molar-refractivity contribution in [2.45, 2.75) is 18.9 Å². The highest BCUT2D eigenvalue weighted by molar-refractivity contribution is 6.35. The second-order valence-corrected chi connectivity index (χ2v) is 8.78. The molecule has 3 aliphatic heterocycles.